The van der Waals surface area contributed by atoms with Gasteiger partial charge in [0.05, 0.1) is 0 Å². The molecule has 1 aliphatic rings. The first-order valence-electron chi connectivity index (χ1n) is 6.09. The van der Waals surface area contributed by atoms with Gasteiger partial charge in [-0.2, -0.15) is 0 Å². The van der Waals surface area contributed by atoms with E-state index in [2.05, 4.69) is 11.5 Å². The minimum absolute atomic E-state index is 0.284. The highest BCUT2D eigenvalue weighted by Crippen LogP contribution is 2.05. The summed E-state index contributed by atoms with van der Waals surface area (Å²) in [6, 6.07) is 0. The third-order valence-corrected chi connectivity index (χ3v) is 2.96. The zero-order chi connectivity index (χ0) is 11.8. The van der Waals surface area contributed by atoms with E-state index in [4.69, 9.17) is 5.73 Å². The van der Waals surface area contributed by atoms with Gasteiger partial charge >= 0.3 is 0 Å². The number of carbonyl (C=O) groups is 1. The van der Waals surface area contributed by atoms with Crippen molar-refractivity contribution in [1.82, 2.24) is 9.80 Å². The van der Waals surface area contributed by atoms with Crippen molar-refractivity contribution in [2.24, 2.45) is 5.73 Å². The van der Waals surface area contributed by atoms with Gasteiger partial charge in [-0.15, -0.1) is 6.58 Å². The molecule has 1 heterocycles. The van der Waals surface area contributed by atoms with Gasteiger partial charge in [-0.25, -0.2) is 0 Å². The predicted octanol–water partition coefficient (Wildman–Crippen LogP) is 0.446. The average molecular weight is 225 g/mol. The molecule has 0 aromatic carbocycles. The molecule has 1 rings (SSSR count). The number of nitrogens with two attached hydrogens (primary N) is 1. The molecule has 0 saturated carbocycles. The number of carbonyl (C=O) groups excluding carboxylic acids is 1. The normalized spacial score (nSPS) is 17.4. The van der Waals surface area contributed by atoms with Crippen molar-refractivity contribution in [1.29, 1.82) is 0 Å². The number of piperazine rings is 1. The van der Waals surface area contributed by atoms with Gasteiger partial charge in [0.1, 0.15) is 0 Å². The number of hydrogen-bond acceptors (Lipinski definition) is 3. The Labute approximate surface area is 98.1 Å². The molecule has 4 nitrogen and oxygen atoms in total. The highest BCUT2D eigenvalue weighted by Gasteiger charge is 2.19. The maximum Gasteiger partial charge on any atom is 0.222 e. The summed E-state index contributed by atoms with van der Waals surface area (Å²) in [7, 11) is 0. The van der Waals surface area contributed by atoms with Crippen LogP contribution in [-0.4, -0.2) is 55.0 Å². The Morgan fingerprint density at radius 1 is 1.25 bits per heavy atom. The monoisotopic (exact) mass is 225 g/mol. The fourth-order valence-corrected chi connectivity index (χ4v) is 1.94. The molecule has 0 radical (unpaired) electrons. The lowest BCUT2D eigenvalue weighted by atomic mass is 10.2. The lowest BCUT2D eigenvalue weighted by Crippen LogP contribution is -2.48. The van der Waals surface area contributed by atoms with Gasteiger partial charge in [0.15, 0.2) is 0 Å². The molecule has 92 valence electrons. The molecule has 0 atom stereocenters. The van der Waals surface area contributed by atoms with Crippen molar-refractivity contribution < 1.29 is 4.79 Å². The first-order chi connectivity index (χ1) is 7.77. The van der Waals surface area contributed by atoms with Crippen molar-refractivity contribution in [3.05, 3.63) is 12.7 Å². The van der Waals surface area contributed by atoms with Gasteiger partial charge in [0.25, 0.3) is 0 Å². The zero-order valence-electron chi connectivity index (χ0n) is 10.0. The van der Waals surface area contributed by atoms with Crippen LogP contribution in [-0.2, 0) is 4.79 Å². The van der Waals surface area contributed by atoms with E-state index in [0.29, 0.717) is 13.0 Å². The second-order valence-electron chi connectivity index (χ2n) is 4.22. The molecule has 1 saturated heterocycles. The molecule has 0 aliphatic carbocycles. The largest absolute Gasteiger partial charge is 0.340 e. The second-order valence-corrected chi connectivity index (χ2v) is 4.22. The molecular formula is C12H23N3O. The summed E-state index contributed by atoms with van der Waals surface area (Å²) in [5.74, 6) is 0.284. The van der Waals surface area contributed by atoms with Crippen molar-refractivity contribution in [3.63, 3.8) is 0 Å². The van der Waals surface area contributed by atoms with Crippen LogP contribution in [0.5, 0.6) is 0 Å². The number of rotatable bonds is 6. The maximum absolute atomic E-state index is 11.8. The second kappa shape index (κ2) is 7.41. The minimum Gasteiger partial charge on any atom is -0.340 e. The number of hydrogen-bond donors (Lipinski definition) is 1. The lowest BCUT2D eigenvalue weighted by Gasteiger charge is -2.34. The molecule has 0 aromatic rings. The summed E-state index contributed by atoms with van der Waals surface area (Å²) >= 11 is 0. The summed E-state index contributed by atoms with van der Waals surface area (Å²) in [6.07, 6.45) is 4.43. The molecule has 2 N–H and O–H groups in total. The van der Waals surface area contributed by atoms with Crippen LogP contribution in [0, 0.1) is 0 Å². The Morgan fingerprint density at radius 3 is 2.50 bits per heavy atom. The van der Waals surface area contributed by atoms with Crippen molar-refractivity contribution in [2.75, 3.05) is 39.3 Å². The topological polar surface area (TPSA) is 49.6 Å². The van der Waals surface area contributed by atoms with Gasteiger partial charge < -0.3 is 10.6 Å². The molecule has 1 amide bonds. The number of unbranched alkanes of at least 4 members (excludes halogenated alkanes) is 1. The standard InChI is InChI=1S/C12H23N3O/c1-2-7-14-8-10-15(11-9-14)12(16)5-3-4-6-13/h2H,1,3-11,13H2. The van der Waals surface area contributed by atoms with E-state index in [1.54, 1.807) is 0 Å². The van der Waals surface area contributed by atoms with Crippen LogP contribution in [0.15, 0.2) is 12.7 Å². The van der Waals surface area contributed by atoms with E-state index >= 15 is 0 Å². The van der Waals surface area contributed by atoms with E-state index in [1.165, 1.54) is 0 Å². The van der Waals surface area contributed by atoms with Crippen LogP contribution in [0.4, 0.5) is 0 Å². The third-order valence-electron chi connectivity index (χ3n) is 2.96. The summed E-state index contributed by atoms with van der Waals surface area (Å²) in [6.45, 7) is 8.98. The van der Waals surface area contributed by atoms with Gasteiger partial charge in [0.2, 0.25) is 5.91 Å². The molecule has 0 aromatic heterocycles. The maximum atomic E-state index is 11.8. The van der Waals surface area contributed by atoms with Crippen LogP contribution in [0.3, 0.4) is 0 Å². The Morgan fingerprint density at radius 2 is 1.94 bits per heavy atom. The fraction of sp³-hybridized carbons (Fsp3) is 0.750. The van der Waals surface area contributed by atoms with E-state index < -0.39 is 0 Å². The van der Waals surface area contributed by atoms with Gasteiger partial charge in [-0.3, -0.25) is 9.69 Å². The molecule has 0 spiro atoms. The fourth-order valence-electron chi connectivity index (χ4n) is 1.94. The van der Waals surface area contributed by atoms with E-state index in [-0.39, 0.29) is 5.91 Å². The molecular weight excluding hydrogens is 202 g/mol. The van der Waals surface area contributed by atoms with E-state index in [0.717, 1.165) is 45.6 Å². The summed E-state index contributed by atoms with van der Waals surface area (Å²) in [5.41, 5.74) is 5.40. The Balaban J connectivity index is 2.19. The highest BCUT2D eigenvalue weighted by molar-refractivity contribution is 5.76. The minimum atomic E-state index is 0.284. The van der Waals surface area contributed by atoms with Crippen LogP contribution in [0.2, 0.25) is 0 Å². The van der Waals surface area contributed by atoms with Gasteiger partial charge in [0, 0.05) is 39.1 Å². The van der Waals surface area contributed by atoms with Crippen LogP contribution < -0.4 is 5.73 Å². The molecule has 16 heavy (non-hydrogen) atoms. The summed E-state index contributed by atoms with van der Waals surface area (Å²) < 4.78 is 0. The van der Waals surface area contributed by atoms with Crippen LogP contribution in [0.25, 0.3) is 0 Å². The molecule has 0 unspecified atom stereocenters. The zero-order valence-corrected chi connectivity index (χ0v) is 10.0. The quantitative estimate of drug-likeness (QED) is 0.527. The molecule has 4 heteroatoms. The molecule has 1 aliphatic heterocycles. The smallest absolute Gasteiger partial charge is 0.222 e. The van der Waals surface area contributed by atoms with Crippen molar-refractivity contribution >= 4 is 5.91 Å². The Bertz CT molecular complexity index is 222. The van der Waals surface area contributed by atoms with Crippen LogP contribution in [0.1, 0.15) is 19.3 Å². The van der Waals surface area contributed by atoms with E-state index in [9.17, 15) is 4.79 Å². The van der Waals surface area contributed by atoms with Crippen LogP contribution >= 0.6 is 0 Å². The summed E-state index contributed by atoms with van der Waals surface area (Å²) in [4.78, 5) is 16.1. The van der Waals surface area contributed by atoms with Gasteiger partial charge in [-0.05, 0) is 19.4 Å². The molecule has 0 bridgehead atoms. The van der Waals surface area contributed by atoms with Gasteiger partial charge in [-0.1, -0.05) is 6.08 Å². The van der Waals surface area contributed by atoms with E-state index in [1.807, 2.05) is 11.0 Å². The Hall–Kier alpha value is -0.870. The number of amides is 1. The number of nitrogens with zero attached hydrogens (tertiary/aromatic N) is 2. The average Bonchev–Trinajstić information content (AvgIpc) is 2.30. The first kappa shape index (κ1) is 13.2. The first-order valence-corrected chi connectivity index (χ1v) is 6.09. The van der Waals surface area contributed by atoms with Crippen molar-refractivity contribution in [3.8, 4) is 0 Å². The predicted molar refractivity (Wildman–Crippen MR) is 66.1 cm³/mol. The lowest BCUT2D eigenvalue weighted by molar-refractivity contribution is -0.133. The summed E-state index contributed by atoms with van der Waals surface area (Å²) in [5, 5.41) is 0. The SMILES string of the molecule is C=CCN1CCN(C(=O)CCCCN)CC1. The molecule has 1 fully saturated rings. The third kappa shape index (κ3) is 4.33. The highest BCUT2D eigenvalue weighted by atomic mass is 16.2. The van der Waals surface area contributed by atoms with Crippen molar-refractivity contribution in [2.45, 2.75) is 19.3 Å². The Kier molecular flexibility index (Phi) is 6.11.